The lowest BCUT2D eigenvalue weighted by Crippen LogP contribution is -2.37. The quantitative estimate of drug-likeness (QED) is 0.227. The first-order valence-electron chi connectivity index (χ1n) is 11.7. The number of rotatable bonds is 11. The molecule has 10 heteroatoms. The minimum atomic E-state index is -0.480. The summed E-state index contributed by atoms with van der Waals surface area (Å²) in [7, 11) is 0. The van der Waals surface area contributed by atoms with Crippen LogP contribution < -0.4 is 10.2 Å². The van der Waals surface area contributed by atoms with E-state index in [0.29, 0.717) is 23.2 Å². The topological polar surface area (TPSA) is 89.3 Å². The van der Waals surface area contributed by atoms with E-state index in [2.05, 4.69) is 15.5 Å². The Morgan fingerprint density at radius 2 is 1.65 bits per heavy atom. The number of carbonyl (C=O) groups is 2. The molecule has 4 aromatic rings. The lowest BCUT2D eigenvalue weighted by Gasteiger charge is -2.21. The Morgan fingerprint density at radius 3 is 2.32 bits per heavy atom. The fourth-order valence-electron chi connectivity index (χ4n) is 3.56. The molecule has 3 aromatic carbocycles. The van der Waals surface area contributed by atoms with Crippen molar-refractivity contribution in [2.24, 2.45) is 0 Å². The number of para-hydroxylation sites is 2. The van der Waals surface area contributed by atoms with Gasteiger partial charge in [0.05, 0.1) is 18.9 Å². The van der Waals surface area contributed by atoms with Gasteiger partial charge in [-0.25, -0.2) is 4.39 Å². The number of anilines is 2. The van der Waals surface area contributed by atoms with Gasteiger partial charge >= 0.3 is 5.97 Å². The Morgan fingerprint density at radius 1 is 0.973 bits per heavy atom. The smallest absolute Gasteiger partial charge is 0.326 e. The maximum atomic E-state index is 13.2. The number of nitrogens with one attached hydrogen (secondary N) is 1. The van der Waals surface area contributed by atoms with Crippen LogP contribution in [0.2, 0.25) is 0 Å². The Bertz CT molecular complexity index is 1320. The Kier molecular flexibility index (Phi) is 8.88. The van der Waals surface area contributed by atoms with Crippen molar-refractivity contribution in [2.75, 3.05) is 29.1 Å². The van der Waals surface area contributed by atoms with E-state index in [0.717, 1.165) is 11.4 Å². The summed E-state index contributed by atoms with van der Waals surface area (Å²) in [6, 6.07) is 24.6. The fourth-order valence-corrected chi connectivity index (χ4v) is 4.41. The Hall–Kier alpha value is -4.18. The van der Waals surface area contributed by atoms with Crippen molar-refractivity contribution in [1.82, 2.24) is 14.8 Å². The maximum absolute atomic E-state index is 13.2. The van der Waals surface area contributed by atoms with Crippen LogP contribution in [0.5, 0.6) is 0 Å². The normalized spacial score (nSPS) is 10.6. The van der Waals surface area contributed by atoms with Gasteiger partial charge in [0.1, 0.15) is 12.4 Å². The molecular formula is C27H26FN5O3S. The fraction of sp³-hybridized carbons (Fsp3) is 0.185. The highest BCUT2D eigenvalue weighted by Crippen LogP contribution is 2.24. The van der Waals surface area contributed by atoms with Crippen LogP contribution in [0.25, 0.3) is 5.69 Å². The monoisotopic (exact) mass is 519 g/mol. The average Bonchev–Trinajstić information content (AvgIpc) is 3.34. The van der Waals surface area contributed by atoms with Gasteiger partial charge in [-0.15, -0.1) is 10.2 Å². The van der Waals surface area contributed by atoms with Crippen molar-refractivity contribution in [3.8, 4) is 5.69 Å². The van der Waals surface area contributed by atoms with Crippen molar-refractivity contribution in [3.63, 3.8) is 0 Å². The van der Waals surface area contributed by atoms with Gasteiger partial charge in [-0.2, -0.15) is 0 Å². The van der Waals surface area contributed by atoms with E-state index < -0.39 is 5.97 Å². The zero-order valence-corrected chi connectivity index (χ0v) is 21.0. The van der Waals surface area contributed by atoms with Gasteiger partial charge in [0, 0.05) is 17.1 Å². The molecule has 0 spiro atoms. The van der Waals surface area contributed by atoms with Crippen LogP contribution in [0.1, 0.15) is 12.7 Å². The second-order valence-electron chi connectivity index (χ2n) is 7.84. The van der Waals surface area contributed by atoms with E-state index in [1.807, 2.05) is 41.0 Å². The molecule has 0 saturated heterocycles. The van der Waals surface area contributed by atoms with E-state index in [-0.39, 0.29) is 30.6 Å². The van der Waals surface area contributed by atoms with Crippen molar-refractivity contribution in [1.29, 1.82) is 0 Å². The maximum Gasteiger partial charge on any atom is 0.326 e. The zero-order chi connectivity index (χ0) is 26.0. The Balaban J connectivity index is 1.53. The molecule has 1 amide bonds. The van der Waals surface area contributed by atoms with Crippen molar-refractivity contribution in [2.45, 2.75) is 18.6 Å². The van der Waals surface area contributed by atoms with E-state index in [9.17, 15) is 14.0 Å². The second-order valence-corrected chi connectivity index (χ2v) is 8.78. The molecule has 1 heterocycles. The van der Waals surface area contributed by atoms with Gasteiger partial charge in [-0.05, 0) is 55.5 Å². The van der Waals surface area contributed by atoms with Crippen molar-refractivity contribution < 1.29 is 18.7 Å². The molecule has 1 N–H and O–H groups in total. The van der Waals surface area contributed by atoms with Gasteiger partial charge < -0.3 is 15.0 Å². The molecular weight excluding hydrogens is 493 g/mol. The first-order chi connectivity index (χ1) is 18.0. The summed E-state index contributed by atoms with van der Waals surface area (Å²) in [5.74, 6) is -0.403. The molecule has 190 valence electrons. The third-order valence-electron chi connectivity index (χ3n) is 5.30. The van der Waals surface area contributed by atoms with Crippen LogP contribution in [-0.2, 0) is 20.9 Å². The van der Waals surface area contributed by atoms with E-state index in [4.69, 9.17) is 4.74 Å². The number of ether oxygens (including phenoxy) is 1. The Labute approximate surface area is 218 Å². The van der Waals surface area contributed by atoms with Crippen molar-refractivity contribution >= 4 is 35.0 Å². The van der Waals surface area contributed by atoms with Gasteiger partial charge in [-0.1, -0.05) is 48.2 Å². The van der Waals surface area contributed by atoms with E-state index >= 15 is 0 Å². The summed E-state index contributed by atoms with van der Waals surface area (Å²) < 4.78 is 20.2. The minimum absolute atomic E-state index is 0.0324. The van der Waals surface area contributed by atoms with Gasteiger partial charge in [0.25, 0.3) is 0 Å². The third-order valence-corrected chi connectivity index (χ3v) is 6.21. The second kappa shape index (κ2) is 12.7. The van der Waals surface area contributed by atoms with Crippen LogP contribution in [0.3, 0.4) is 0 Å². The molecule has 37 heavy (non-hydrogen) atoms. The number of thioether (sulfide) groups is 1. The first kappa shape index (κ1) is 25.9. The highest BCUT2D eigenvalue weighted by Gasteiger charge is 2.22. The molecule has 1 aromatic heterocycles. The molecule has 0 aliphatic rings. The molecule has 0 aliphatic heterocycles. The lowest BCUT2D eigenvalue weighted by atomic mass is 10.3. The zero-order valence-electron chi connectivity index (χ0n) is 20.2. The number of hydrogen-bond donors (Lipinski definition) is 1. The predicted molar refractivity (Wildman–Crippen MR) is 141 cm³/mol. The highest BCUT2D eigenvalue weighted by molar-refractivity contribution is 7.99. The number of halogens is 1. The largest absolute Gasteiger partial charge is 0.465 e. The first-order valence-corrected chi connectivity index (χ1v) is 12.7. The lowest BCUT2D eigenvalue weighted by molar-refractivity contribution is -0.142. The minimum Gasteiger partial charge on any atom is -0.465 e. The number of benzene rings is 3. The molecule has 0 aliphatic carbocycles. The van der Waals surface area contributed by atoms with Crippen LogP contribution >= 0.6 is 11.8 Å². The number of carbonyl (C=O) groups excluding carboxylic acids is 2. The standard InChI is InChI=1S/C27H26FN5O3S/c1-2-36-26(35)18-32(22-9-5-3-6-10-22)25(34)19-37-27-31-30-24(33(27)23-11-7-4-8-12-23)17-29-21-15-13-20(28)14-16-21/h3-16,29H,2,17-19H2,1H3. The summed E-state index contributed by atoms with van der Waals surface area (Å²) in [4.78, 5) is 26.8. The number of hydrogen-bond acceptors (Lipinski definition) is 7. The molecule has 4 rings (SSSR count). The average molecular weight is 520 g/mol. The van der Waals surface area contributed by atoms with Crippen LogP contribution in [-0.4, -0.2) is 45.5 Å². The molecule has 0 saturated carbocycles. The summed E-state index contributed by atoms with van der Waals surface area (Å²) in [5.41, 5.74) is 2.19. The van der Waals surface area contributed by atoms with Gasteiger partial charge in [0.2, 0.25) is 5.91 Å². The summed E-state index contributed by atoms with van der Waals surface area (Å²) in [6.07, 6.45) is 0. The molecule has 0 atom stereocenters. The summed E-state index contributed by atoms with van der Waals surface area (Å²) in [6.45, 7) is 2.11. The highest BCUT2D eigenvalue weighted by atomic mass is 32.2. The molecule has 0 radical (unpaired) electrons. The van der Waals surface area contributed by atoms with Crippen LogP contribution in [0.4, 0.5) is 15.8 Å². The van der Waals surface area contributed by atoms with E-state index in [1.165, 1.54) is 28.8 Å². The van der Waals surface area contributed by atoms with Crippen LogP contribution in [0, 0.1) is 5.82 Å². The number of esters is 1. The summed E-state index contributed by atoms with van der Waals surface area (Å²) in [5, 5.41) is 12.4. The van der Waals surface area contributed by atoms with E-state index in [1.54, 1.807) is 43.3 Å². The summed E-state index contributed by atoms with van der Waals surface area (Å²) >= 11 is 1.23. The molecule has 8 nitrogen and oxygen atoms in total. The van der Waals surface area contributed by atoms with Crippen molar-refractivity contribution in [3.05, 3.63) is 96.6 Å². The number of aromatic nitrogens is 3. The SMILES string of the molecule is CCOC(=O)CN(C(=O)CSc1nnc(CNc2ccc(F)cc2)n1-c1ccccc1)c1ccccc1. The molecule has 0 unspecified atom stereocenters. The number of amides is 1. The number of nitrogens with zero attached hydrogens (tertiary/aromatic N) is 4. The van der Waals surface area contributed by atoms with Gasteiger partial charge in [0.15, 0.2) is 11.0 Å². The predicted octanol–water partition coefficient (Wildman–Crippen LogP) is 4.71. The third kappa shape index (κ3) is 6.95. The van der Waals surface area contributed by atoms with Crippen LogP contribution in [0.15, 0.2) is 90.1 Å². The van der Waals surface area contributed by atoms with Gasteiger partial charge in [-0.3, -0.25) is 14.2 Å². The molecule has 0 bridgehead atoms. The molecule has 0 fully saturated rings.